The normalized spacial score (nSPS) is 13.0. The Balaban J connectivity index is 2.88. The fourth-order valence-corrected chi connectivity index (χ4v) is 5.23. The molecule has 124 valence electrons. The Morgan fingerprint density at radius 3 is 1.68 bits per heavy atom. The maximum Gasteiger partial charge on any atom is 0.505 e. The lowest BCUT2D eigenvalue weighted by Crippen LogP contribution is -2.50. The van der Waals surface area contributed by atoms with Crippen molar-refractivity contribution >= 4 is 14.9 Å². The Kier molecular flexibility index (Phi) is 8.04. The molecule has 0 saturated carbocycles. The maximum absolute atomic E-state index is 6.14. The van der Waals surface area contributed by atoms with E-state index in [1.54, 1.807) is 0 Å². The molecule has 0 aliphatic heterocycles. The molecule has 0 radical (unpaired) electrons. The Labute approximate surface area is 136 Å². The molecule has 0 amide bonds. The lowest BCUT2D eigenvalue weighted by atomic mass is 10.2. The van der Waals surface area contributed by atoms with E-state index in [0.717, 1.165) is 0 Å². The van der Waals surface area contributed by atoms with Gasteiger partial charge in [-0.25, -0.2) is 0 Å². The molecule has 4 heteroatoms. The van der Waals surface area contributed by atoms with Crippen LogP contribution < -0.4 is 0 Å². The van der Waals surface area contributed by atoms with E-state index in [1.807, 2.05) is 59.7 Å². The van der Waals surface area contributed by atoms with E-state index in [-0.39, 0.29) is 18.3 Å². The zero-order valence-electron chi connectivity index (χ0n) is 14.7. The van der Waals surface area contributed by atoms with E-state index in [1.165, 1.54) is 5.56 Å². The summed E-state index contributed by atoms with van der Waals surface area (Å²) in [6, 6.07) is 10.9. The van der Waals surface area contributed by atoms with Crippen LogP contribution in [-0.4, -0.2) is 27.1 Å². The third-order valence-electron chi connectivity index (χ3n) is 2.72. The van der Waals surface area contributed by atoms with Crippen LogP contribution in [0.15, 0.2) is 36.4 Å². The van der Waals surface area contributed by atoms with Crippen LogP contribution in [0.5, 0.6) is 0 Å². The summed E-state index contributed by atoms with van der Waals surface area (Å²) in [6.45, 7) is 12.1. The lowest BCUT2D eigenvalue weighted by Gasteiger charge is -2.33. The molecule has 1 aromatic rings. The quantitative estimate of drug-likeness (QED) is 0.604. The van der Waals surface area contributed by atoms with Crippen molar-refractivity contribution in [1.82, 2.24) is 0 Å². The minimum atomic E-state index is -2.73. The van der Waals surface area contributed by atoms with E-state index in [2.05, 4.69) is 24.3 Å². The number of allylic oxidation sites excluding steroid dienone is 1. The molecule has 3 nitrogen and oxygen atoms in total. The zero-order valence-corrected chi connectivity index (χ0v) is 15.7. The van der Waals surface area contributed by atoms with Crippen LogP contribution in [0.4, 0.5) is 0 Å². The predicted molar refractivity (Wildman–Crippen MR) is 94.7 cm³/mol. The summed E-state index contributed by atoms with van der Waals surface area (Å²) < 4.78 is 18.4. The van der Waals surface area contributed by atoms with Gasteiger partial charge >= 0.3 is 8.80 Å². The van der Waals surface area contributed by atoms with Crippen LogP contribution in [0.2, 0.25) is 6.04 Å². The molecule has 0 unspecified atom stereocenters. The standard InChI is InChI=1S/C18H30O3Si/c1-15(2)19-22(20-16(3)4,21-17(5)6)14-10-13-18-11-8-7-9-12-18/h7-13,15-17H,14H2,1-6H3/b13-10+. The van der Waals surface area contributed by atoms with Crippen molar-refractivity contribution in [3.63, 3.8) is 0 Å². The van der Waals surface area contributed by atoms with Crippen molar-refractivity contribution in [2.45, 2.75) is 65.9 Å². The lowest BCUT2D eigenvalue weighted by molar-refractivity contribution is 0.00557. The van der Waals surface area contributed by atoms with Gasteiger partial charge in [-0.2, -0.15) is 0 Å². The van der Waals surface area contributed by atoms with Gasteiger partial charge in [0, 0.05) is 24.4 Å². The molecule has 0 aromatic heterocycles. The molecular weight excluding hydrogens is 292 g/mol. The summed E-state index contributed by atoms with van der Waals surface area (Å²) in [5, 5.41) is 0. The summed E-state index contributed by atoms with van der Waals surface area (Å²) in [5.41, 5.74) is 1.17. The monoisotopic (exact) mass is 322 g/mol. The highest BCUT2D eigenvalue weighted by Crippen LogP contribution is 2.23. The van der Waals surface area contributed by atoms with Crippen molar-refractivity contribution in [3.8, 4) is 0 Å². The second-order valence-corrected chi connectivity index (χ2v) is 8.68. The van der Waals surface area contributed by atoms with Gasteiger partial charge in [-0.15, -0.1) is 0 Å². The second kappa shape index (κ2) is 9.25. The van der Waals surface area contributed by atoms with Crippen LogP contribution in [0.1, 0.15) is 47.1 Å². The predicted octanol–water partition coefficient (Wildman–Crippen LogP) is 4.91. The van der Waals surface area contributed by atoms with Crippen LogP contribution in [-0.2, 0) is 13.3 Å². The number of hydrogen-bond donors (Lipinski definition) is 0. The highest BCUT2D eigenvalue weighted by molar-refractivity contribution is 6.61. The van der Waals surface area contributed by atoms with E-state index in [4.69, 9.17) is 13.3 Å². The molecule has 22 heavy (non-hydrogen) atoms. The molecular formula is C18H30O3Si. The summed E-state index contributed by atoms with van der Waals surface area (Å²) in [4.78, 5) is 0. The largest absolute Gasteiger partial charge is 0.505 e. The third kappa shape index (κ3) is 7.36. The van der Waals surface area contributed by atoms with Gasteiger partial charge in [0.2, 0.25) is 0 Å². The van der Waals surface area contributed by atoms with Crippen molar-refractivity contribution in [3.05, 3.63) is 42.0 Å². The topological polar surface area (TPSA) is 27.7 Å². The van der Waals surface area contributed by atoms with Crippen LogP contribution in [0, 0.1) is 0 Å². The Morgan fingerprint density at radius 2 is 1.27 bits per heavy atom. The van der Waals surface area contributed by atoms with Gasteiger partial charge in [-0.1, -0.05) is 42.5 Å². The summed E-state index contributed by atoms with van der Waals surface area (Å²) in [7, 11) is -2.73. The molecule has 0 heterocycles. The second-order valence-electron chi connectivity index (χ2n) is 6.20. The number of rotatable bonds is 9. The van der Waals surface area contributed by atoms with Gasteiger partial charge < -0.3 is 13.3 Å². The molecule has 0 spiro atoms. The number of benzene rings is 1. The third-order valence-corrected chi connectivity index (χ3v) is 5.95. The van der Waals surface area contributed by atoms with Gasteiger partial charge in [0.25, 0.3) is 0 Å². The average Bonchev–Trinajstić information content (AvgIpc) is 2.37. The van der Waals surface area contributed by atoms with Crippen LogP contribution >= 0.6 is 0 Å². The fourth-order valence-electron chi connectivity index (χ4n) is 2.21. The van der Waals surface area contributed by atoms with E-state index < -0.39 is 8.80 Å². The first-order chi connectivity index (χ1) is 10.3. The minimum Gasteiger partial charge on any atom is -0.371 e. The SMILES string of the molecule is CC(C)O[Si](C/C=C/c1ccccc1)(OC(C)C)OC(C)C. The Hall–Kier alpha value is -0.943. The smallest absolute Gasteiger partial charge is 0.371 e. The Morgan fingerprint density at radius 1 is 0.818 bits per heavy atom. The van der Waals surface area contributed by atoms with Gasteiger partial charge in [-0.3, -0.25) is 0 Å². The first-order valence-corrected chi connectivity index (χ1v) is 10.0. The summed E-state index contributed by atoms with van der Waals surface area (Å²) in [5.74, 6) is 0. The fraction of sp³-hybridized carbons (Fsp3) is 0.556. The van der Waals surface area contributed by atoms with E-state index >= 15 is 0 Å². The molecule has 0 aliphatic carbocycles. The zero-order chi connectivity index (χ0) is 16.6. The molecule has 0 bridgehead atoms. The minimum absolute atomic E-state index is 0.0780. The van der Waals surface area contributed by atoms with Crippen molar-refractivity contribution in [2.24, 2.45) is 0 Å². The van der Waals surface area contributed by atoms with Crippen molar-refractivity contribution < 1.29 is 13.3 Å². The highest BCUT2D eigenvalue weighted by atomic mass is 28.4. The van der Waals surface area contributed by atoms with E-state index in [0.29, 0.717) is 6.04 Å². The van der Waals surface area contributed by atoms with Crippen molar-refractivity contribution in [1.29, 1.82) is 0 Å². The summed E-state index contributed by atoms with van der Waals surface area (Å²) in [6.07, 6.45) is 4.44. The van der Waals surface area contributed by atoms with Crippen LogP contribution in [0.3, 0.4) is 0 Å². The summed E-state index contributed by atoms with van der Waals surface area (Å²) >= 11 is 0. The average molecular weight is 323 g/mol. The maximum atomic E-state index is 6.14. The Bertz CT molecular complexity index is 414. The van der Waals surface area contributed by atoms with Gasteiger partial charge in [0.05, 0.1) is 0 Å². The molecule has 0 atom stereocenters. The molecule has 0 saturated heterocycles. The first-order valence-electron chi connectivity index (χ1n) is 8.08. The van der Waals surface area contributed by atoms with Gasteiger partial charge in [-0.05, 0) is 47.1 Å². The molecule has 1 rings (SSSR count). The van der Waals surface area contributed by atoms with Crippen molar-refractivity contribution in [2.75, 3.05) is 0 Å². The molecule has 0 fully saturated rings. The van der Waals surface area contributed by atoms with Gasteiger partial charge in [0.15, 0.2) is 0 Å². The van der Waals surface area contributed by atoms with Gasteiger partial charge in [0.1, 0.15) is 0 Å². The molecule has 1 aromatic carbocycles. The molecule has 0 aliphatic rings. The number of hydrogen-bond acceptors (Lipinski definition) is 3. The highest BCUT2D eigenvalue weighted by Gasteiger charge is 2.43. The molecule has 0 N–H and O–H groups in total. The first kappa shape index (κ1) is 19.1. The van der Waals surface area contributed by atoms with E-state index in [9.17, 15) is 0 Å². The van der Waals surface area contributed by atoms with Crippen LogP contribution in [0.25, 0.3) is 6.08 Å².